The third kappa shape index (κ3) is 6.35. The average molecular weight is 406 g/mol. The van der Waals surface area contributed by atoms with Crippen LogP contribution in [-0.4, -0.2) is 29.8 Å². The smallest absolute Gasteiger partial charge is 0.243 e. The van der Waals surface area contributed by atoms with E-state index in [1.54, 1.807) is 30.3 Å². The molecule has 2 aromatic carbocycles. The summed E-state index contributed by atoms with van der Waals surface area (Å²) in [5, 5.41) is 5.51. The van der Waals surface area contributed by atoms with Crippen LogP contribution in [0.3, 0.4) is 0 Å². The maximum atomic E-state index is 13.4. The minimum atomic E-state index is -1.02. The van der Waals surface area contributed by atoms with E-state index < -0.39 is 35.6 Å². The van der Waals surface area contributed by atoms with Crippen LogP contribution in [0.4, 0.5) is 4.39 Å². The van der Waals surface area contributed by atoms with E-state index in [4.69, 9.17) is 17.3 Å². The summed E-state index contributed by atoms with van der Waals surface area (Å²) in [5.74, 6) is -2.22. The Morgan fingerprint density at radius 1 is 1.04 bits per heavy atom. The number of benzene rings is 2. The fraction of sp³-hybridized carbons (Fsp3) is 0.250. The van der Waals surface area contributed by atoms with Gasteiger partial charge in [0.15, 0.2) is 0 Å². The van der Waals surface area contributed by atoms with Crippen LogP contribution in [0.15, 0.2) is 48.5 Å². The van der Waals surface area contributed by atoms with Crippen molar-refractivity contribution in [2.75, 3.05) is 0 Å². The molecule has 148 valence electrons. The Labute approximate surface area is 167 Å². The first-order valence-electron chi connectivity index (χ1n) is 8.61. The van der Waals surface area contributed by atoms with Crippen LogP contribution < -0.4 is 16.4 Å². The minimum Gasteiger partial charge on any atom is -0.368 e. The number of carbonyl (C=O) groups is 3. The molecule has 0 fully saturated rings. The van der Waals surface area contributed by atoms with Crippen molar-refractivity contribution in [3.63, 3.8) is 0 Å². The van der Waals surface area contributed by atoms with Gasteiger partial charge in [-0.15, -0.1) is 0 Å². The van der Waals surface area contributed by atoms with Crippen LogP contribution in [0.2, 0.25) is 5.02 Å². The number of amides is 3. The van der Waals surface area contributed by atoms with E-state index in [2.05, 4.69) is 10.6 Å². The van der Waals surface area contributed by atoms with Gasteiger partial charge < -0.3 is 16.4 Å². The third-order valence-corrected chi connectivity index (χ3v) is 4.43. The lowest BCUT2D eigenvalue weighted by Gasteiger charge is -2.22. The highest BCUT2D eigenvalue weighted by molar-refractivity contribution is 6.31. The minimum absolute atomic E-state index is 0.0563. The summed E-state index contributed by atoms with van der Waals surface area (Å²) in [4.78, 5) is 36.0. The third-order valence-electron chi connectivity index (χ3n) is 4.06. The number of hydrogen-bond acceptors (Lipinski definition) is 3. The van der Waals surface area contributed by atoms with Crippen LogP contribution in [-0.2, 0) is 27.2 Å². The number of nitrogens with one attached hydrogen (secondary N) is 2. The summed E-state index contributed by atoms with van der Waals surface area (Å²) in [6, 6.07) is 10.6. The Kier molecular flexibility index (Phi) is 7.52. The second-order valence-electron chi connectivity index (χ2n) is 6.35. The van der Waals surface area contributed by atoms with Gasteiger partial charge >= 0.3 is 0 Å². The molecule has 0 bridgehead atoms. The molecule has 0 saturated carbocycles. The second-order valence-corrected chi connectivity index (χ2v) is 6.75. The van der Waals surface area contributed by atoms with Crippen molar-refractivity contribution in [1.82, 2.24) is 10.6 Å². The van der Waals surface area contributed by atoms with Gasteiger partial charge in [0.05, 0.1) is 0 Å². The first-order valence-corrected chi connectivity index (χ1v) is 8.98. The first-order chi connectivity index (χ1) is 13.3. The molecule has 0 spiro atoms. The molecule has 4 N–H and O–H groups in total. The summed E-state index contributed by atoms with van der Waals surface area (Å²) in [7, 11) is 0. The zero-order valence-corrected chi connectivity index (χ0v) is 16.0. The highest BCUT2D eigenvalue weighted by Gasteiger charge is 2.26. The van der Waals surface area contributed by atoms with E-state index in [0.29, 0.717) is 16.1 Å². The molecule has 2 rings (SSSR count). The zero-order chi connectivity index (χ0) is 20.7. The molecule has 0 aliphatic rings. The van der Waals surface area contributed by atoms with E-state index in [1.807, 2.05) is 0 Å². The van der Waals surface area contributed by atoms with Gasteiger partial charge in [-0.05, 0) is 29.3 Å². The maximum Gasteiger partial charge on any atom is 0.243 e. The SMILES string of the molecule is CC(=O)N[C@@H](Cc1cccc(F)c1)C(=O)N[C@@H](Cc1ccccc1Cl)C(N)=O. The quantitative estimate of drug-likeness (QED) is 0.623. The predicted molar refractivity (Wildman–Crippen MR) is 104 cm³/mol. The lowest BCUT2D eigenvalue weighted by Crippen LogP contribution is -2.54. The Morgan fingerprint density at radius 3 is 2.36 bits per heavy atom. The second kappa shape index (κ2) is 9.85. The topological polar surface area (TPSA) is 101 Å². The molecule has 0 unspecified atom stereocenters. The van der Waals surface area contributed by atoms with Gasteiger partial charge in [0.2, 0.25) is 17.7 Å². The highest BCUT2D eigenvalue weighted by atomic mass is 35.5. The van der Waals surface area contributed by atoms with Crippen LogP contribution in [0.25, 0.3) is 0 Å². The summed E-state index contributed by atoms with van der Waals surface area (Å²) >= 11 is 6.11. The highest BCUT2D eigenvalue weighted by Crippen LogP contribution is 2.17. The van der Waals surface area contributed by atoms with Crippen molar-refractivity contribution in [2.45, 2.75) is 31.8 Å². The molecule has 8 heteroatoms. The van der Waals surface area contributed by atoms with Gasteiger partial charge in [-0.2, -0.15) is 0 Å². The molecule has 0 aliphatic heterocycles. The van der Waals surface area contributed by atoms with Crippen molar-refractivity contribution < 1.29 is 18.8 Å². The Bertz CT molecular complexity index is 875. The van der Waals surface area contributed by atoms with E-state index >= 15 is 0 Å². The summed E-state index contributed by atoms with van der Waals surface area (Å²) in [6.07, 6.45) is 0.161. The van der Waals surface area contributed by atoms with Gasteiger partial charge in [0.1, 0.15) is 17.9 Å². The molecule has 3 amide bonds. The monoisotopic (exact) mass is 405 g/mol. The number of primary amides is 1. The lowest BCUT2D eigenvalue weighted by molar-refractivity contribution is -0.130. The van der Waals surface area contributed by atoms with Crippen molar-refractivity contribution in [2.24, 2.45) is 5.73 Å². The van der Waals surface area contributed by atoms with Crippen molar-refractivity contribution in [3.8, 4) is 0 Å². The normalized spacial score (nSPS) is 12.7. The summed E-state index contributed by atoms with van der Waals surface area (Å²) < 4.78 is 13.4. The van der Waals surface area contributed by atoms with Gasteiger partial charge in [-0.1, -0.05) is 41.9 Å². The lowest BCUT2D eigenvalue weighted by atomic mass is 10.0. The molecule has 0 heterocycles. The van der Waals surface area contributed by atoms with Crippen molar-refractivity contribution in [1.29, 1.82) is 0 Å². The van der Waals surface area contributed by atoms with Crippen LogP contribution in [0.5, 0.6) is 0 Å². The van der Waals surface area contributed by atoms with Crippen molar-refractivity contribution >= 4 is 29.3 Å². The molecule has 6 nitrogen and oxygen atoms in total. The molecular weight excluding hydrogens is 385 g/mol. The van der Waals surface area contributed by atoms with E-state index in [1.165, 1.54) is 25.1 Å². The summed E-state index contributed by atoms with van der Waals surface area (Å²) in [6.45, 7) is 1.27. The van der Waals surface area contributed by atoms with Gasteiger partial charge in [0.25, 0.3) is 0 Å². The standard InChI is InChI=1S/C20H21ClFN3O3/c1-12(26)24-18(10-13-5-4-7-15(22)9-13)20(28)25-17(19(23)27)11-14-6-2-3-8-16(14)21/h2-9,17-18H,10-11H2,1H3,(H2,23,27)(H,24,26)(H,25,28)/t17-,18-/m0/s1. The Hall–Kier alpha value is -2.93. The molecule has 2 atom stereocenters. The number of hydrogen-bond donors (Lipinski definition) is 3. The Morgan fingerprint density at radius 2 is 1.75 bits per heavy atom. The molecule has 0 aromatic heterocycles. The fourth-order valence-electron chi connectivity index (χ4n) is 2.73. The molecule has 28 heavy (non-hydrogen) atoms. The molecule has 0 radical (unpaired) electrons. The molecule has 0 saturated heterocycles. The fourth-order valence-corrected chi connectivity index (χ4v) is 2.95. The van der Waals surface area contributed by atoms with Crippen LogP contribution >= 0.6 is 11.6 Å². The first kappa shape index (κ1) is 21.4. The molecule has 2 aromatic rings. The largest absolute Gasteiger partial charge is 0.368 e. The predicted octanol–water partition coefficient (Wildman–Crippen LogP) is 1.74. The molecule has 0 aliphatic carbocycles. The van der Waals surface area contributed by atoms with Crippen LogP contribution in [0.1, 0.15) is 18.1 Å². The number of carbonyl (C=O) groups excluding carboxylic acids is 3. The number of rotatable bonds is 8. The number of halogens is 2. The summed E-state index contributed by atoms with van der Waals surface area (Å²) in [5.41, 5.74) is 6.59. The average Bonchev–Trinajstić information content (AvgIpc) is 2.61. The van der Waals surface area contributed by atoms with Gasteiger partial charge in [0, 0.05) is 24.8 Å². The van der Waals surface area contributed by atoms with Crippen LogP contribution in [0, 0.1) is 5.82 Å². The van der Waals surface area contributed by atoms with Gasteiger partial charge in [-0.25, -0.2) is 4.39 Å². The maximum absolute atomic E-state index is 13.4. The molecular formula is C20H21ClFN3O3. The van der Waals surface area contributed by atoms with E-state index in [9.17, 15) is 18.8 Å². The van der Waals surface area contributed by atoms with E-state index in [0.717, 1.165) is 0 Å². The van der Waals surface area contributed by atoms with E-state index in [-0.39, 0.29) is 12.8 Å². The zero-order valence-electron chi connectivity index (χ0n) is 15.2. The number of nitrogens with two attached hydrogens (primary N) is 1. The Balaban J connectivity index is 2.15. The van der Waals surface area contributed by atoms with Gasteiger partial charge in [-0.3, -0.25) is 14.4 Å². The van der Waals surface area contributed by atoms with Crippen molar-refractivity contribution in [3.05, 3.63) is 70.5 Å².